The van der Waals surface area contributed by atoms with Crippen molar-refractivity contribution in [3.05, 3.63) is 72.7 Å². The fourth-order valence-electron chi connectivity index (χ4n) is 2.61. The van der Waals surface area contributed by atoms with E-state index in [0.717, 1.165) is 0 Å². The van der Waals surface area contributed by atoms with Gasteiger partial charge in [-0.2, -0.15) is 0 Å². The molecule has 0 aliphatic heterocycles. The lowest BCUT2D eigenvalue weighted by molar-refractivity contribution is -0.116. The van der Waals surface area contributed by atoms with E-state index in [9.17, 15) is 9.59 Å². The summed E-state index contributed by atoms with van der Waals surface area (Å²) in [7, 11) is 1.59. The fourth-order valence-corrected chi connectivity index (χ4v) is 2.61. The Morgan fingerprint density at radius 3 is 2.41 bits per heavy atom. The number of methoxy groups -OCH3 is 1. The summed E-state index contributed by atoms with van der Waals surface area (Å²) in [5, 5.41) is 5.53. The standard InChI is InChI=1S/C22H22N2O5/c1-27-18-6-2-3-7-19(18)29-17-12-10-16(11-13-17)24-21(25)9-4-14-23-22(26)20-8-5-15-28-20/h2-3,5-8,10-13,15H,4,9,14H2,1H3,(H,23,26)(H,24,25). The van der Waals surface area contributed by atoms with Crippen LogP contribution in [-0.2, 0) is 4.79 Å². The lowest BCUT2D eigenvalue weighted by atomic mass is 10.2. The number of hydrogen-bond acceptors (Lipinski definition) is 5. The molecule has 0 unspecified atom stereocenters. The van der Waals surface area contributed by atoms with Crippen LogP contribution in [0.15, 0.2) is 71.3 Å². The molecule has 1 heterocycles. The number of para-hydroxylation sites is 2. The maximum Gasteiger partial charge on any atom is 0.286 e. The first-order chi connectivity index (χ1) is 14.2. The van der Waals surface area contributed by atoms with Gasteiger partial charge >= 0.3 is 0 Å². The predicted octanol–water partition coefficient (Wildman–Crippen LogP) is 4.23. The molecule has 2 N–H and O–H groups in total. The molecule has 7 heteroatoms. The Morgan fingerprint density at radius 1 is 0.966 bits per heavy atom. The first-order valence-corrected chi connectivity index (χ1v) is 9.18. The van der Waals surface area contributed by atoms with Crippen molar-refractivity contribution in [3.63, 3.8) is 0 Å². The molecule has 0 atom stereocenters. The monoisotopic (exact) mass is 394 g/mol. The number of furan rings is 1. The first kappa shape index (κ1) is 20.0. The van der Waals surface area contributed by atoms with E-state index >= 15 is 0 Å². The molecule has 3 rings (SSSR count). The normalized spacial score (nSPS) is 10.2. The number of ether oxygens (including phenoxy) is 2. The summed E-state index contributed by atoms with van der Waals surface area (Å²) in [5.41, 5.74) is 0.669. The third kappa shape index (κ3) is 5.87. The highest BCUT2D eigenvalue weighted by Crippen LogP contribution is 2.31. The molecule has 7 nitrogen and oxygen atoms in total. The Hall–Kier alpha value is -3.74. The molecule has 0 bridgehead atoms. The van der Waals surface area contributed by atoms with Crippen LogP contribution in [0.4, 0.5) is 5.69 Å². The van der Waals surface area contributed by atoms with Crippen LogP contribution < -0.4 is 20.1 Å². The summed E-state index contributed by atoms with van der Waals surface area (Å²) in [4.78, 5) is 23.8. The van der Waals surface area contributed by atoms with Crippen molar-refractivity contribution in [3.8, 4) is 17.2 Å². The summed E-state index contributed by atoms with van der Waals surface area (Å²) >= 11 is 0. The van der Waals surface area contributed by atoms with Gasteiger partial charge in [-0.1, -0.05) is 12.1 Å². The summed E-state index contributed by atoms with van der Waals surface area (Å²) in [5.74, 6) is 1.72. The number of benzene rings is 2. The average molecular weight is 394 g/mol. The molecule has 2 amide bonds. The second-order valence-corrected chi connectivity index (χ2v) is 6.16. The van der Waals surface area contributed by atoms with E-state index in [2.05, 4.69) is 10.6 Å². The smallest absolute Gasteiger partial charge is 0.286 e. The maximum absolute atomic E-state index is 12.1. The van der Waals surface area contributed by atoms with Crippen LogP contribution in [0.3, 0.4) is 0 Å². The van der Waals surface area contributed by atoms with E-state index in [0.29, 0.717) is 35.9 Å². The topological polar surface area (TPSA) is 89.8 Å². The highest BCUT2D eigenvalue weighted by Gasteiger charge is 2.08. The number of carbonyl (C=O) groups is 2. The Labute approximate surface area is 168 Å². The van der Waals surface area contributed by atoms with Crippen molar-refractivity contribution in [2.75, 3.05) is 19.0 Å². The van der Waals surface area contributed by atoms with E-state index in [1.165, 1.54) is 6.26 Å². The second-order valence-electron chi connectivity index (χ2n) is 6.16. The van der Waals surface area contributed by atoms with Gasteiger partial charge in [-0.15, -0.1) is 0 Å². The third-order valence-corrected chi connectivity index (χ3v) is 4.05. The fraction of sp³-hybridized carbons (Fsp3) is 0.182. The molecule has 0 aliphatic carbocycles. The van der Waals surface area contributed by atoms with Gasteiger partial charge in [-0.25, -0.2) is 0 Å². The van der Waals surface area contributed by atoms with Crippen molar-refractivity contribution < 1.29 is 23.5 Å². The number of carbonyl (C=O) groups excluding carboxylic acids is 2. The van der Waals surface area contributed by atoms with Gasteiger partial charge in [0.1, 0.15) is 5.75 Å². The minimum absolute atomic E-state index is 0.129. The van der Waals surface area contributed by atoms with Gasteiger partial charge < -0.3 is 24.5 Å². The summed E-state index contributed by atoms with van der Waals surface area (Å²) < 4.78 is 16.1. The molecule has 2 aromatic carbocycles. The number of anilines is 1. The van der Waals surface area contributed by atoms with Gasteiger partial charge in [0.05, 0.1) is 13.4 Å². The second kappa shape index (κ2) is 9.98. The van der Waals surface area contributed by atoms with Gasteiger partial charge in [-0.3, -0.25) is 9.59 Å². The molecule has 0 fully saturated rings. The highest BCUT2D eigenvalue weighted by molar-refractivity contribution is 5.92. The number of nitrogens with one attached hydrogen (secondary N) is 2. The number of amides is 2. The van der Waals surface area contributed by atoms with Gasteiger partial charge in [0, 0.05) is 18.7 Å². The van der Waals surface area contributed by atoms with E-state index in [1.807, 2.05) is 24.3 Å². The van der Waals surface area contributed by atoms with Crippen LogP contribution in [-0.4, -0.2) is 25.5 Å². The van der Waals surface area contributed by atoms with Crippen LogP contribution in [0, 0.1) is 0 Å². The SMILES string of the molecule is COc1ccccc1Oc1ccc(NC(=O)CCCNC(=O)c2ccco2)cc1. The summed E-state index contributed by atoms with van der Waals surface area (Å²) in [6, 6.07) is 17.7. The zero-order chi connectivity index (χ0) is 20.5. The van der Waals surface area contributed by atoms with Crippen LogP contribution in [0.1, 0.15) is 23.4 Å². The minimum atomic E-state index is -0.291. The van der Waals surface area contributed by atoms with Crippen molar-refractivity contribution in [2.45, 2.75) is 12.8 Å². The summed E-state index contributed by atoms with van der Waals surface area (Å²) in [6.07, 6.45) is 2.25. The van der Waals surface area contributed by atoms with Gasteiger partial charge in [0.15, 0.2) is 17.3 Å². The van der Waals surface area contributed by atoms with Gasteiger partial charge in [0.25, 0.3) is 5.91 Å². The van der Waals surface area contributed by atoms with E-state index in [-0.39, 0.29) is 24.0 Å². The van der Waals surface area contributed by atoms with Crippen molar-refractivity contribution in [1.29, 1.82) is 0 Å². The molecule has 3 aromatic rings. The third-order valence-electron chi connectivity index (χ3n) is 4.05. The molecule has 0 spiro atoms. The molecule has 150 valence electrons. The quantitative estimate of drug-likeness (QED) is 0.530. The van der Waals surface area contributed by atoms with Crippen LogP contribution >= 0.6 is 0 Å². The van der Waals surface area contributed by atoms with E-state index in [4.69, 9.17) is 13.9 Å². The lowest BCUT2D eigenvalue weighted by Crippen LogP contribution is -2.25. The molecular weight excluding hydrogens is 372 g/mol. The Bertz CT molecular complexity index is 936. The molecule has 29 heavy (non-hydrogen) atoms. The van der Waals surface area contributed by atoms with Gasteiger partial charge in [-0.05, 0) is 55.0 Å². The van der Waals surface area contributed by atoms with Gasteiger partial charge in [0.2, 0.25) is 5.91 Å². The number of rotatable bonds is 9. The van der Waals surface area contributed by atoms with Crippen molar-refractivity contribution in [1.82, 2.24) is 5.32 Å². The van der Waals surface area contributed by atoms with Crippen LogP contribution in [0.2, 0.25) is 0 Å². The Morgan fingerprint density at radius 2 is 1.72 bits per heavy atom. The van der Waals surface area contributed by atoms with E-state index in [1.54, 1.807) is 43.5 Å². The van der Waals surface area contributed by atoms with Crippen molar-refractivity contribution in [2.24, 2.45) is 0 Å². The number of hydrogen-bond donors (Lipinski definition) is 2. The first-order valence-electron chi connectivity index (χ1n) is 9.18. The molecule has 0 radical (unpaired) electrons. The lowest BCUT2D eigenvalue weighted by Gasteiger charge is -2.11. The minimum Gasteiger partial charge on any atom is -0.493 e. The molecule has 0 saturated carbocycles. The zero-order valence-electron chi connectivity index (χ0n) is 16.0. The highest BCUT2D eigenvalue weighted by atomic mass is 16.5. The average Bonchev–Trinajstić information content (AvgIpc) is 3.28. The van der Waals surface area contributed by atoms with Crippen molar-refractivity contribution >= 4 is 17.5 Å². The molecule has 1 aromatic heterocycles. The zero-order valence-corrected chi connectivity index (χ0v) is 16.0. The maximum atomic E-state index is 12.1. The largest absolute Gasteiger partial charge is 0.493 e. The van der Waals surface area contributed by atoms with Crippen LogP contribution in [0.5, 0.6) is 17.2 Å². The Kier molecular flexibility index (Phi) is 6.89. The van der Waals surface area contributed by atoms with E-state index < -0.39 is 0 Å². The Balaban J connectivity index is 1.42. The molecule has 0 saturated heterocycles. The summed E-state index contributed by atoms with van der Waals surface area (Å²) in [6.45, 7) is 0.388. The van der Waals surface area contributed by atoms with Crippen LogP contribution in [0.25, 0.3) is 0 Å². The molecule has 0 aliphatic rings. The predicted molar refractivity (Wildman–Crippen MR) is 108 cm³/mol. The molecular formula is C22H22N2O5.